The van der Waals surface area contributed by atoms with Crippen LogP contribution in [0.1, 0.15) is 56.0 Å². The molecule has 0 spiro atoms. The van der Waals surface area contributed by atoms with Gasteiger partial charge in [0, 0.05) is 0 Å². The third-order valence-corrected chi connectivity index (χ3v) is 3.28. The highest BCUT2D eigenvalue weighted by molar-refractivity contribution is 5.24. The van der Waals surface area contributed by atoms with Gasteiger partial charge in [-0.2, -0.15) is 0 Å². The molecule has 1 aromatic heterocycles. The highest BCUT2D eigenvalue weighted by atomic mass is 16.3. The Kier molecular flexibility index (Phi) is 4.32. The maximum Gasteiger partial charge on any atom is 0.111 e. The lowest BCUT2D eigenvalue weighted by molar-refractivity contribution is 0.168. The first-order valence-corrected chi connectivity index (χ1v) is 6.77. The minimum atomic E-state index is -0.517. The molecule has 0 saturated carbocycles. The van der Waals surface area contributed by atoms with Gasteiger partial charge in [0.25, 0.3) is 0 Å². The summed E-state index contributed by atoms with van der Waals surface area (Å²) in [6, 6.07) is 8.54. The molecule has 2 rings (SSSR count). The third-order valence-electron chi connectivity index (χ3n) is 3.28. The fraction of sp³-hybridized carbons (Fsp3) is 0.467. The Balaban J connectivity index is 2.06. The number of nitrogens with zero attached hydrogens (tertiary/aromatic N) is 3. The van der Waals surface area contributed by atoms with Gasteiger partial charge in [0.05, 0.1) is 18.8 Å². The summed E-state index contributed by atoms with van der Waals surface area (Å²) in [7, 11) is 0. The zero-order valence-corrected chi connectivity index (χ0v) is 11.7. The van der Waals surface area contributed by atoms with E-state index < -0.39 is 6.10 Å². The van der Waals surface area contributed by atoms with Crippen molar-refractivity contribution < 1.29 is 5.11 Å². The fourth-order valence-corrected chi connectivity index (χ4v) is 1.95. The van der Waals surface area contributed by atoms with Crippen LogP contribution in [-0.4, -0.2) is 20.1 Å². The van der Waals surface area contributed by atoms with E-state index in [4.69, 9.17) is 0 Å². The average molecular weight is 259 g/mol. The first-order chi connectivity index (χ1) is 9.10. The minimum absolute atomic E-state index is 0.517. The van der Waals surface area contributed by atoms with E-state index >= 15 is 0 Å². The van der Waals surface area contributed by atoms with Crippen LogP contribution in [0.25, 0.3) is 0 Å². The predicted molar refractivity (Wildman–Crippen MR) is 74.9 cm³/mol. The zero-order valence-electron chi connectivity index (χ0n) is 11.7. The molecule has 0 fully saturated rings. The molecule has 1 heterocycles. The Morgan fingerprint density at radius 1 is 1.21 bits per heavy atom. The molecule has 0 aliphatic rings. The number of aliphatic hydroxyl groups excluding tert-OH is 1. The van der Waals surface area contributed by atoms with E-state index in [-0.39, 0.29) is 0 Å². The lowest BCUT2D eigenvalue weighted by Crippen LogP contribution is -2.01. The fourth-order valence-electron chi connectivity index (χ4n) is 1.95. The second-order valence-corrected chi connectivity index (χ2v) is 5.16. The zero-order chi connectivity index (χ0) is 13.8. The van der Waals surface area contributed by atoms with Crippen molar-refractivity contribution in [3.05, 3.63) is 47.3 Å². The lowest BCUT2D eigenvalue weighted by atomic mass is 10.0. The highest BCUT2D eigenvalue weighted by Crippen LogP contribution is 2.16. The summed E-state index contributed by atoms with van der Waals surface area (Å²) in [5, 5.41) is 17.7. The maximum atomic E-state index is 9.69. The molecule has 0 radical (unpaired) electrons. The van der Waals surface area contributed by atoms with Crippen LogP contribution in [0.2, 0.25) is 0 Å². The van der Waals surface area contributed by atoms with Crippen LogP contribution >= 0.6 is 0 Å². The van der Waals surface area contributed by atoms with E-state index in [0.29, 0.717) is 24.6 Å². The van der Waals surface area contributed by atoms with E-state index in [1.54, 1.807) is 4.68 Å². The molecule has 4 nitrogen and oxygen atoms in total. The molecule has 4 heteroatoms. The highest BCUT2D eigenvalue weighted by Gasteiger charge is 2.09. The molecule has 102 valence electrons. The summed E-state index contributed by atoms with van der Waals surface area (Å²) in [6.07, 6.45) is 1.95. The van der Waals surface area contributed by atoms with Crippen LogP contribution in [0.3, 0.4) is 0 Å². The summed E-state index contributed by atoms with van der Waals surface area (Å²) < 4.78 is 1.76. The lowest BCUT2D eigenvalue weighted by Gasteiger charge is -2.06. The van der Waals surface area contributed by atoms with Crippen LogP contribution in [0.15, 0.2) is 30.5 Å². The second-order valence-electron chi connectivity index (χ2n) is 5.16. The summed E-state index contributed by atoms with van der Waals surface area (Å²) in [5.74, 6) is 0.548. The molecule has 19 heavy (non-hydrogen) atoms. The Bertz CT molecular complexity index is 516. The Hall–Kier alpha value is -1.68. The number of aromatic nitrogens is 3. The molecule has 2 aromatic rings. The summed E-state index contributed by atoms with van der Waals surface area (Å²) in [4.78, 5) is 0. The smallest absolute Gasteiger partial charge is 0.111 e. The van der Waals surface area contributed by atoms with Crippen LogP contribution in [0.4, 0.5) is 0 Å². The molecule has 1 N–H and O–H groups in total. The largest absolute Gasteiger partial charge is 0.387 e. The average Bonchev–Trinajstić information content (AvgIpc) is 2.87. The van der Waals surface area contributed by atoms with Gasteiger partial charge in [-0.3, -0.25) is 0 Å². The number of hydrogen-bond acceptors (Lipinski definition) is 3. The van der Waals surface area contributed by atoms with Crippen molar-refractivity contribution in [2.45, 2.75) is 45.8 Å². The van der Waals surface area contributed by atoms with Gasteiger partial charge in [0.2, 0.25) is 0 Å². The molecule has 0 saturated heterocycles. The Morgan fingerprint density at radius 3 is 2.47 bits per heavy atom. The second kappa shape index (κ2) is 5.97. The van der Waals surface area contributed by atoms with Gasteiger partial charge in [-0.25, -0.2) is 4.68 Å². The number of benzene rings is 1. The third kappa shape index (κ3) is 3.41. The topological polar surface area (TPSA) is 50.9 Å². The molecule has 0 aliphatic carbocycles. The molecular weight excluding hydrogens is 238 g/mol. The number of hydrogen-bond donors (Lipinski definition) is 1. The van der Waals surface area contributed by atoms with Gasteiger partial charge in [0.15, 0.2) is 0 Å². The normalized spacial score (nSPS) is 12.9. The molecular formula is C15H21N3O. The maximum absolute atomic E-state index is 9.69. The van der Waals surface area contributed by atoms with Gasteiger partial charge in [-0.05, 0) is 23.5 Å². The van der Waals surface area contributed by atoms with E-state index in [1.165, 1.54) is 11.1 Å². The van der Waals surface area contributed by atoms with Gasteiger partial charge in [0.1, 0.15) is 5.69 Å². The minimum Gasteiger partial charge on any atom is -0.387 e. The molecule has 0 aliphatic heterocycles. The van der Waals surface area contributed by atoms with Crippen molar-refractivity contribution >= 4 is 0 Å². The first-order valence-electron chi connectivity index (χ1n) is 6.77. The summed E-state index contributed by atoms with van der Waals surface area (Å²) in [6.45, 7) is 6.98. The molecule has 1 aromatic carbocycles. The van der Waals surface area contributed by atoms with Gasteiger partial charge < -0.3 is 5.11 Å². The van der Waals surface area contributed by atoms with Gasteiger partial charge >= 0.3 is 0 Å². The van der Waals surface area contributed by atoms with Crippen molar-refractivity contribution in [3.8, 4) is 0 Å². The first kappa shape index (κ1) is 13.7. The van der Waals surface area contributed by atoms with E-state index in [1.807, 2.05) is 13.1 Å². The van der Waals surface area contributed by atoms with Gasteiger partial charge in [-0.15, -0.1) is 5.10 Å². The quantitative estimate of drug-likeness (QED) is 0.898. The monoisotopic (exact) mass is 259 g/mol. The number of aliphatic hydroxyl groups is 1. The Labute approximate surface area is 114 Å². The standard InChI is InChI=1S/C15H21N3O/c1-4-15(19)14-10-18(17-16-14)9-12-5-7-13(8-6-12)11(2)3/h5-8,10-11,15,19H,4,9H2,1-3H3. The summed E-state index contributed by atoms with van der Waals surface area (Å²) >= 11 is 0. The molecule has 1 atom stereocenters. The predicted octanol–water partition coefficient (Wildman–Crippen LogP) is 2.89. The van der Waals surface area contributed by atoms with Crippen LogP contribution in [0.5, 0.6) is 0 Å². The van der Waals surface area contributed by atoms with Crippen molar-refractivity contribution in [2.24, 2.45) is 0 Å². The van der Waals surface area contributed by atoms with E-state index in [2.05, 4.69) is 48.4 Å². The van der Waals surface area contributed by atoms with Crippen molar-refractivity contribution in [3.63, 3.8) is 0 Å². The van der Waals surface area contributed by atoms with Crippen molar-refractivity contribution in [1.82, 2.24) is 15.0 Å². The van der Waals surface area contributed by atoms with Crippen LogP contribution in [0, 0.1) is 0 Å². The SMILES string of the molecule is CCC(O)c1cn(Cc2ccc(C(C)C)cc2)nn1. The van der Waals surface area contributed by atoms with Crippen LogP contribution < -0.4 is 0 Å². The Morgan fingerprint density at radius 2 is 1.89 bits per heavy atom. The molecule has 1 unspecified atom stereocenters. The van der Waals surface area contributed by atoms with Crippen molar-refractivity contribution in [2.75, 3.05) is 0 Å². The number of rotatable bonds is 5. The van der Waals surface area contributed by atoms with Crippen molar-refractivity contribution in [1.29, 1.82) is 0 Å². The molecule has 0 bridgehead atoms. The van der Waals surface area contributed by atoms with Gasteiger partial charge in [-0.1, -0.05) is 50.3 Å². The molecule has 0 amide bonds. The summed E-state index contributed by atoms with van der Waals surface area (Å²) in [5.41, 5.74) is 3.16. The van der Waals surface area contributed by atoms with E-state index in [0.717, 1.165) is 0 Å². The van der Waals surface area contributed by atoms with E-state index in [9.17, 15) is 5.11 Å². The van der Waals surface area contributed by atoms with Crippen LogP contribution in [-0.2, 0) is 6.54 Å².